The average Bonchev–Trinajstić information content (AvgIpc) is 2.69. The van der Waals surface area contributed by atoms with Crippen LogP contribution in [-0.2, 0) is 11.3 Å². The van der Waals surface area contributed by atoms with Crippen molar-refractivity contribution in [3.63, 3.8) is 0 Å². The average molecular weight is 383 g/mol. The van der Waals surface area contributed by atoms with E-state index in [1.165, 1.54) is 11.1 Å². The summed E-state index contributed by atoms with van der Waals surface area (Å²) in [5.74, 6) is 1.26. The topological polar surface area (TPSA) is 54.0 Å². The van der Waals surface area contributed by atoms with E-state index in [0.717, 1.165) is 32.7 Å². The minimum atomic E-state index is -0.0429. The molecule has 150 valence electrons. The summed E-state index contributed by atoms with van der Waals surface area (Å²) in [7, 11) is 3.19. The summed E-state index contributed by atoms with van der Waals surface area (Å²) >= 11 is 0. The first-order valence-corrected chi connectivity index (χ1v) is 9.59. The molecule has 3 rings (SSSR count). The Balaban J connectivity index is 1.49. The zero-order chi connectivity index (χ0) is 19.9. The fourth-order valence-electron chi connectivity index (χ4n) is 3.48. The van der Waals surface area contributed by atoms with Gasteiger partial charge in [0, 0.05) is 38.8 Å². The number of rotatable bonds is 7. The number of amides is 1. The molecule has 0 bridgehead atoms. The third-order valence-electron chi connectivity index (χ3n) is 5.00. The van der Waals surface area contributed by atoms with Crippen LogP contribution in [0.25, 0.3) is 0 Å². The number of carbonyl (C=O) groups is 1. The van der Waals surface area contributed by atoms with Gasteiger partial charge in [0.1, 0.15) is 11.5 Å². The number of anilines is 1. The Hall–Kier alpha value is -2.57. The third kappa shape index (κ3) is 5.47. The number of nitrogens with one attached hydrogen (secondary N) is 1. The summed E-state index contributed by atoms with van der Waals surface area (Å²) in [5.41, 5.74) is 3.27. The molecule has 28 heavy (non-hydrogen) atoms. The summed E-state index contributed by atoms with van der Waals surface area (Å²) in [6.45, 7) is 7.15. The van der Waals surface area contributed by atoms with Crippen LogP contribution in [0, 0.1) is 6.92 Å². The first kappa shape index (κ1) is 20.2. The van der Waals surface area contributed by atoms with Crippen LogP contribution < -0.4 is 14.8 Å². The summed E-state index contributed by atoms with van der Waals surface area (Å²) in [4.78, 5) is 17.1. The van der Waals surface area contributed by atoms with Crippen LogP contribution >= 0.6 is 0 Å². The van der Waals surface area contributed by atoms with Crippen LogP contribution in [0.1, 0.15) is 11.1 Å². The van der Waals surface area contributed by atoms with Crippen LogP contribution in [0.4, 0.5) is 5.69 Å². The van der Waals surface area contributed by atoms with Gasteiger partial charge in [-0.1, -0.05) is 29.8 Å². The van der Waals surface area contributed by atoms with Crippen molar-refractivity contribution in [2.24, 2.45) is 0 Å². The first-order chi connectivity index (χ1) is 13.6. The van der Waals surface area contributed by atoms with Gasteiger partial charge in [-0.25, -0.2) is 0 Å². The van der Waals surface area contributed by atoms with E-state index in [9.17, 15) is 4.79 Å². The van der Waals surface area contributed by atoms with Gasteiger partial charge in [0.25, 0.3) is 0 Å². The van der Waals surface area contributed by atoms with E-state index in [-0.39, 0.29) is 5.91 Å². The van der Waals surface area contributed by atoms with E-state index in [2.05, 4.69) is 46.3 Å². The lowest BCUT2D eigenvalue weighted by atomic mass is 10.1. The molecule has 0 radical (unpaired) electrons. The van der Waals surface area contributed by atoms with E-state index in [1.54, 1.807) is 26.4 Å². The Morgan fingerprint density at radius 1 is 1.00 bits per heavy atom. The molecule has 1 N–H and O–H groups in total. The van der Waals surface area contributed by atoms with Crippen molar-refractivity contribution in [3.8, 4) is 11.5 Å². The quantitative estimate of drug-likeness (QED) is 0.797. The van der Waals surface area contributed by atoms with Gasteiger partial charge in [0.2, 0.25) is 5.91 Å². The number of methoxy groups -OCH3 is 2. The Morgan fingerprint density at radius 3 is 2.43 bits per heavy atom. The molecule has 0 unspecified atom stereocenters. The lowest BCUT2D eigenvalue weighted by Gasteiger charge is -2.34. The number of carbonyl (C=O) groups excluding carboxylic acids is 1. The fraction of sp³-hybridized carbons (Fsp3) is 0.409. The molecule has 1 fully saturated rings. The molecule has 1 aliphatic rings. The predicted molar refractivity (Wildman–Crippen MR) is 111 cm³/mol. The molecule has 2 aromatic rings. The van der Waals surface area contributed by atoms with Gasteiger partial charge in [-0.15, -0.1) is 0 Å². The second kappa shape index (κ2) is 9.57. The molecule has 0 aromatic heterocycles. The monoisotopic (exact) mass is 383 g/mol. The SMILES string of the molecule is COc1ccc(OC)c(NC(=O)CN2CCN(Cc3cccc(C)c3)CC2)c1. The molecule has 1 amide bonds. The maximum absolute atomic E-state index is 12.5. The lowest BCUT2D eigenvalue weighted by molar-refractivity contribution is -0.117. The van der Waals surface area contributed by atoms with E-state index in [1.807, 2.05) is 6.07 Å². The zero-order valence-corrected chi connectivity index (χ0v) is 16.9. The Morgan fingerprint density at radius 2 is 1.75 bits per heavy atom. The van der Waals surface area contributed by atoms with Crippen molar-refractivity contribution >= 4 is 11.6 Å². The second-order valence-corrected chi connectivity index (χ2v) is 7.16. The first-order valence-electron chi connectivity index (χ1n) is 9.59. The number of benzene rings is 2. The molecular formula is C22H29N3O3. The molecule has 6 heteroatoms. The minimum absolute atomic E-state index is 0.0429. The summed E-state index contributed by atoms with van der Waals surface area (Å²) in [5, 5.41) is 2.94. The highest BCUT2D eigenvalue weighted by molar-refractivity contribution is 5.94. The van der Waals surface area contributed by atoms with E-state index < -0.39 is 0 Å². The van der Waals surface area contributed by atoms with Crippen LogP contribution in [-0.4, -0.2) is 62.7 Å². The number of aryl methyl sites for hydroxylation is 1. The number of ether oxygens (including phenoxy) is 2. The van der Waals surface area contributed by atoms with Gasteiger partial charge in [0.15, 0.2) is 0 Å². The molecule has 2 aromatic carbocycles. The summed E-state index contributed by atoms with van der Waals surface area (Å²) in [6, 6.07) is 14.0. The maximum atomic E-state index is 12.5. The molecule has 6 nitrogen and oxygen atoms in total. The fourth-order valence-corrected chi connectivity index (χ4v) is 3.48. The minimum Gasteiger partial charge on any atom is -0.497 e. The predicted octanol–water partition coefficient (Wildman–Crippen LogP) is 2.77. The van der Waals surface area contributed by atoms with E-state index in [4.69, 9.17) is 9.47 Å². The second-order valence-electron chi connectivity index (χ2n) is 7.16. The van der Waals surface area contributed by atoms with Gasteiger partial charge >= 0.3 is 0 Å². The van der Waals surface area contributed by atoms with Crippen molar-refractivity contribution in [2.75, 3.05) is 52.3 Å². The Labute approximate surface area is 167 Å². The number of hydrogen-bond acceptors (Lipinski definition) is 5. The highest BCUT2D eigenvalue weighted by atomic mass is 16.5. The maximum Gasteiger partial charge on any atom is 0.238 e. The van der Waals surface area contributed by atoms with Gasteiger partial charge in [-0.05, 0) is 24.6 Å². The van der Waals surface area contributed by atoms with Crippen LogP contribution in [0.5, 0.6) is 11.5 Å². The normalized spacial score (nSPS) is 15.2. The summed E-state index contributed by atoms with van der Waals surface area (Å²) in [6.07, 6.45) is 0. The van der Waals surface area contributed by atoms with Gasteiger partial charge < -0.3 is 14.8 Å². The highest BCUT2D eigenvalue weighted by Crippen LogP contribution is 2.28. The molecule has 0 atom stereocenters. The molecule has 0 aliphatic carbocycles. The highest BCUT2D eigenvalue weighted by Gasteiger charge is 2.19. The molecular weight excluding hydrogens is 354 g/mol. The molecule has 0 saturated carbocycles. The summed E-state index contributed by atoms with van der Waals surface area (Å²) < 4.78 is 10.6. The van der Waals surface area contributed by atoms with Gasteiger partial charge in [-0.2, -0.15) is 0 Å². The van der Waals surface area contributed by atoms with Crippen molar-refractivity contribution in [3.05, 3.63) is 53.6 Å². The lowest BCUT2D eigenvalue weighted by Crippen LogP contribution is -2.48. The van der Waals surface area contributed by atoms with Crippen LogP contribution in [0.15, 0.2) is 42.5 Å². The van der Waals surface area contributed by atoms with E-state index in [0.29, 0.717) is 23.7 Å². The van der Waals surface area contributed by atoms with Crippen LogP contribution in [0.3, 0.4) is 0 Å². The molecule has 1 heterocycles. The van der Waals surface area contributed by atoms with Gasteiger partial charge in [-0.3, -0.25) is 14.6 Å². The largest absolute Gasteiger partial charge is 0.497 e. The number of hydrogen-bond donors (Lipinski definition) is 1. The van der Waals surface area contributed by atoms with Crippen molar-refractivity contribution < 1.29 is 14.3 Å². The molecule has 1 aliphatic heterocycles. The number of piperazine rings is 1. The smallest absolute Gasteiger partial charge is 0.238 e. The van der Waals surface area contributed by atoms with Crippen molar-refractivity contribution in [1.29, 1.82) is 0 Å². The van der Waals surface area contributed by atoms with Gasteiger partial charge in [0.05, 0.1) is 26.5 Å². The molecule has 1 saturated heterocycles. The van der Waals surface area contributed by atoms with Crippen molar-refractivity contribution in [1.82, 2.24) is 9.80 Å². The number of nitrogens with zero attached hydrogens (tertiary/aromatic N) is 2. The molecule has 0 spiro atoms. The van der Waals surface area contributed by atoms with E-state index >= 15 is 0 Å². The van der Waals surface area contributed by atoms with Crippen LogP contribution in [0.2, 0.25) is 0 Å². The Kier molecular flexibility index (Phi) is 6.90. The third-order valence-corrected chi connectivity index (χ3v) is 5.00. The Bertz CT molecular complexity index is 801. The standard InChI is InChI=1S/C22H29N3O3/c1-17-5-4-6-18(13-17)15-24-9-11-25(12-10-24)16-22(26)23-20-14-19(27-2)7-8-21(20)28-3/h4-8,13-14H,9-12,15-16H2,1-3H3,(H,23,26). The zero-order valence-electron chi connectivity index (χ0n) is 16.9. The van der Waals surface area contributed by atoms with Crippen molar-refractivity contribution in [2.45, 2.75) is 13.5 Å².